The van der Waals surface area contributed by atoms with Crippen LogP contribution in [0.4, 0.5) is 0 Å². The molecule has 0 spiro atoms. The number of carbonyl (C=O) groups is 3. The molecule has 3 aromatic rings. The molecule has 41 heavy (non-hydrogen) atoms. The van der Waals surface area contributed by atoms with Crippen molar-refractivity contribution >= 4 is 23.3 Å². The average Bonchev–Trinajstić information content (AvgIpc) is 3.65. The Morgan fingerprint density at radius 1 is 1.00 bits per heavy atom. The molecule has 1 fully saturated rings. The highest BCUT2D eigenvalue weighted by atomic mass is 16.4. The van der Waals surface area contributed by atoms with Crippen LogP contribution in [0.1, 0.15) is 68.2 Å². The minimum Gasteiger partial charge on any atom is -0.421 e. The zero-order valence-corrected chi connectivity index (χ0v) is 24.0. The van der Waals surface area contributed by atoms with E-state index in [-0.39, 0.29) is 35.4 Å². The number of rotatable bonds is 11. The second-order valence-corrected chi connectivity index (χ2v) is 11.0. The van der Waals surface area contributed by atoms with E-state index in [0.29, 0.717) is 42.8 Å². The molecule has 1 saturated heterocycles. The lowest BCUT2D eigenvalue weighted by Crippen LogP contribution is -2.56. The zero-order valence-electron chi connectivity index (χ0n) is 24.0. The minimum atomic E-state index is -0.784. The molecule has 3 heterocycles. The van der Waals surface area contributed by atoms with Gasteiger partial charge >= 0.3 is 0 Å². The summed E-state index contributed by atoms with van der Waals surface area (Å²) in [5.74, 6) is -0.415. The fourth-order valence-corrected chi connectivity index (χ4v) is 4.98. The minimum absolute atomic E-state index is 0.0244. The standard InChI is InChI=1S/C31H38N6O4/c1-19(2)26(21(5)30-36-35-25(41-30)17-22-11-7-6-8-12-22)33-29(39)24-14-10-16-37(24)31(40)27(20(3)4)34-28(38)23-13-9-15-32-18-23/h6-9,11-13,15,18-20,24,26-27H,5,10,14,16-17H2,1-4H3,(H,33,39)(H,34,38)/t24-,26?,27?/m0/s1. The number of nitrogens with zero attached hydrogens (tertiary/aromatic N) is 4. The molecular formula is C31H38N6O4. The predicted octanol–water partition coefficient (Wildman–Crippen LogP) is 3.66. The van der Waals surface area contributed by atoms with E-state index in [9.17, 15) is 14.4 Å². The van der Waals surface area contributed by atoms with Gasteiger partial charge in [-0.25, -0.2) is 0 Å². The zero-order chi connectivity index (χ0) is 29.5. The van der Waals surface area contributed by atoms with Crippen LogP contribution in [0.25, 0.3) is 5.57 Å². The molecule has 4 rings (SSSR count). The van der Waals surface area contributed by atoms with Crippen molar-refractivity contribution in [1.29, 1.82) is 0 Å². The summed E-state index contributed by atoms with van der Waals surface area (Å²) in [5, 5.41) is 14.3. The number of hydrogen-bond donors (Lipinski definition) is 2. The number of aromatic nitrogens is 3. The number of hydrogen-bond acceptors (Lipinski definition) is 7. The van der Waals surface area contributed by atoms with Gasteiger partial charge in [-0.3, -0.25) is 19.4 Å². The van der Waals surface area contributed by atoms with Crippen LogP contribution in [-0.2, 0) is 16.0 Å². The van der Waals surface area contributed by atoms with E-state index in [0.717, 1.165) is 5.56 Å². The van der Waals surface area contributed by atoms with Gasteiger partial charge < -0.3 is 20.0 Å². The Hall–Kier alpha value is -4.34. The van der Waals surface area contributed by atoms with Crippen LogP contribution < -0.4 is 10.6 Å². The number of carbonyl (C=O) groups excluding carboxylic acids is 3. The van der Waals surface area contributed by atoms with E-state index in [2.05, 4.69) is 32.4 Å². The van der Waals surface area contributed by atoms with E-state index < -0.39 is 18.1 Å². The molecule has 1 aliphatic heterocycles. The second kappa shape index (κ2) is 13.3. The summed E-state index contributed by atoms with van der Waals surface area (Å²) in [7, 11) is 0. The Balaban J connectivity index is 1.44. The fourth-order valence-electron chi connectivity index (χ4n) is 4.98. The molecule has 0 saturated carbocycles. The first kappa shape index (κ1) is 29.6. The van der Waals surface area contributed by atoms with Gasteiger partial charge in [-0.15, -0.1) is 10.2 Å². The topological polar surface area (TPSA) is 130 Å². The van der Waals surface area contributed by atoms with E-state index in [1.54, 1.807) is 23.2 Å². The maximum atomic E-state index is 13.7. The molecule has 2 unspecified atom stereocenters. The molecule has 10 heteroatoms. The molecule has 2 aromatic heterocycles. The maximum absolute atomic E-state index is 13.7. The molecule has 3 atom stereocenters. The molecule has 10 nitrogen and oxygen atoms in total. The van der Waals surface area contributed by atoms with E-state index in [1.807, 2.05) is 58.0 Å². The molecule has 0 radical (unpaired) electrons. The Labute approximate surface area is 240 Å². The summed E-state index contributed by atoms with van der Waals surface area (Å²) in [6.07, 6.45) is 4.74. The lowest BCUT2D eigenvalue weighted by Gasteiger charge is -2.32. The Morgan fingerprint density at radius 3 is 2.39 bits per heavy atom. The van der Waals surface area contributed by atoms with Crippen molar-refractivity contribution in [3.8, 4) is 0 Å². The van der Waals surface area contributed by atoms with Gasteiger partial charge in [0.15, 0.2) is 0 Å². The molecule has 3 amide bonds. The van der Waals surface area contributed by atoms with Crippen LogP contribution in [0.2, 0.25) is 0 Å². The number of amides is 3. The van der Waals surface area contributed by atoms with Crippen molar-refractivity contribution in [1.82, 2.24) is 30.7 Å². The monoisotopic (exact) mass is 558 g/mol. The molecule has 1 aliphatic rings. The first-order valence-electron chi connectivity index (χ1n) is 14.0. The Kier molecular flexibility index (Phi) is 9.65. The van der Waals surface area contributed by atoms with E-state index in [4.69, 9.17) is 4.42 Å². The van der Waals surface area contributed by atoms with Crippen molar-refractivity contribution in [2.45, 2.75) is 65.1 Å². The van der Waals surface area contributed by atoms with Crippen molar-refractivity contribution < 1.29 is 18.8 Å². The highest BCUT2D eigenvalue weighted by molar-refractivity contribution is 5.98. The number of benzene rings is 1. The number of likely N-dealkylation sites (tertiary alicyclic amines) is 1. The van der Waals surface area contributed by atoms with Crippen LogP contribution in [0.5, 0.6) is 0 Å². The lowest BCUT2D eigenvalue weighted by atomic mass is 9.96. The van der Waals surface area contributed by atoms with Gasteiger partial charge in [0.2, 0.25) is 23.6 Å². The largest absolute Gasteiger partial charge is 0.421 e. The SMILES string of the molecule is C=C(c1nnc(Cc2ccccc2)o1)C(NC(=O)[C@@H]1CCCN1C(=O)C(NC(=O)c1cccnc1)C(C)C)C(C)C. The smallest absolute Gasteiger partial charge is 0.253 e. The van der Waals surface area contributed by atoms with Crippen LogP contribution in [0, 0.1) is 11.8 Å². The van der Waals surface area contributed by atoms with Crippen molar-refractivity contribution in [2.24, 2.45) is 11.8 Å². The molecule has 0 aliphatic carbocycles. The molecule has 216 valence electrons. The summed E-state index contributed by atoms with van der Waals surface area (Å²) in [4.78, 5) is 45.6. The normalized spacial score (nSPS) is 16.4. The molecule has 0 bridgehead atoms. The molecular weight excluding hydrogens is 520 g/mol. The molecule has 1 aromatic carbocycles. The third kappa shape index (κ3) is 7.25. The third-order valence-electron chi connectivity index (χ3n) is 7.26. The lowest BCUT2D eigenvalue weighted by molar-refractivity contribution is -0.140. The Bertz CT molecular complexity index is 1360. The van der Waals surface area contributed by atoms with Gasteiger partial charge in [0, 0.05) is 24.5 Å². The Morgan fingerprint density at radius 2 is 1.73 bits per heavy atom. The van der Waals surface area contributed by atoms with Gasteiger partial charge in [0.1, 0.15) is 12.1 Å². The highest BCUT2D eigenvalue weighted by Gasteiger charge is 2.40. The predicted molar refractivity (Wildman–Crippen MR) is 154 cm³/mol. The van der Waals surface area contributed by atoms with Gasteiger partial charge in [-0.05, 0) is 42.4 Å². The van der Waals surface area contributed by atoms with Gasteiger partial charge in [-0.1, -0.05) is 64.6 Å². The van der Waals surface area contributed by atoms with E-state index >= 15 is 0 Å². The third-order valence-corrected chi connectivity index (χ3v) is 7.26. The second-order valence-electron chi connectivity index (χ2n) is 11.0. The van der Waals surface area contributed by atoms with Crippen molar-refractivity contribution in [3.63, 3.8) is 0 Å². The van der Waals surface area contributed by atoms with Gasteiger partial charge in [0.05, 0.1) is 18.0 Å². The summed E-state index contributed by atoms with van der Waals surface area (Å²) in [6, 6.07) is 11.2. The summed E-state index contributed by atoms with van der Waals surface area (Å²) in [5.41, 5.74) is 1.93. The van der Waals surface area contributed by atoms with Crippen molar-refractivity contribution in [3.05, 3.63) is 84.3 Å². The quantitative estimate of drug-likeness (QED) is 0.367. The highest BCUT2D eigenvalue weighted by Crippen LogP contribution is 2.25. The first-order chi connectivity index (χ1) is 19.7. The van der Waals surface area contributed by atoms with Crippen LogP contribution >= 0.6 is 0 Å². The number of nitrogens with one attached hydrogen (secondary N) is 2. The summed E-state index contributed by atoms with van der Waals surface area (Å²) >= 11 is 0. The van der Waals surface area contributed by atoms with Gasteiger partial charge in [-0.2, -0.15) is 0 Å². The van der Waals surface area contributed by atoms with Crippen molar-refractivity contribution in [2.75, 3.05) is 6.54 Å². The van der Waals surface area contributed by atoms with Gasteiger partial charge in [0.25, 0.3) is 5.91 Å². The maximum Gasteiger partial charge on any atom is 0.253 e. The number of pyridine rings is 1. The average molecular weight is 559 g/mol. The molecule has 2 N–H and O–H groups in total. The first-order valence-corrected chi connectivity index (χ1v) is 14.0. The summed E-state index contributed by atoms with van der Waals surface area (Å²) < 4.78 is 5.90. The summed E-state index contributed by atoms with van der Waals surface area (Å²) in [6.45, 7) is 12.3. The fraction of sp³-hybridized carbons (Fsp3) is 0.419. The van der Waals surface area contributed by atoms with E-state index in [1.165, 1.54) is 6.20 Å². The van der Waals surface area contributed by atoms with Crippen LogP contribution in [0.3, 0.4) is 0 Å². The van der Waals surface area contributed by atoms with Crippen LogP contribution in [-0.4, -0.2) is 62.5 Å². The van der Waals surface area contributed by atoms with Crippen LogP contribution in [0.15, 0.2) is 65.9 Å².